The van der Waals surface area contributed by atoms with Crippen LogP contribution in [0, 0.1) is 0 Å². The van der Waals surface area contributed by atoms with Crippen molar-refractivity contribution in [1.29, 1.82) is 0 Å². The van der Waals surface area contributed by atoms with Crippen molar-refractivity contribution < 1.29 is 0 Å². The molecule has 0 radical (unpaired) electrons. The molecule has 4 nitrogen and oxygen atoms in total. The Morgan fingerprint density at radius 2 is 2.05 bits per heavy atom. The Bertz CT molecular complexity index is 564. The number of rotatable bonds is 4. The fourth-order valence-corrected chi connectivity index (χ4v) is 2.88. The summed E-state index contributed by atoms with van der Waals surface area (Å²) in [4.78, 5) is 6.82. The molecule has 2 N–H and O–H groups in total. The van der Waals surface area contributed by atoms with Crippen molar-refractivity contribution in [3.63, 3.8) is 0 Å². The number of fused-ring (bicyclic) bond motifs is 1. The van der Waals surface area contributed by atoms with Gasteiger partial charge < -0.3 is 10.3 Å². The van der Waals surface area contributed by atoms with Gasteiger partial charge in [-0.25, -0.2) is 4.98 Å². The van der Waals surface area contributed by atoms with Crippen LogP contribution in [0.5, 0.6) is 0 Å². The lowest BCUT2D eigenvalue weighted by molar-refractivity contribution is 0.210. The topological polar surface area (TPSA) is 47.1 Å². The van der Waals surface area contributed by atoms with Gasteiger partial charge in [-0.1, -0.05) is 28.1 Å². The number of nitrogens with two attached hydrogens (primary N) is 1. The second-order valence-electron chi connectivity index (χ2n) is 5.26. The summed E-state index contributed by atoms with van der Waals surface area (Å²) >= 11 is 3.45. The van der Waals surface area contributed by atoms with E-state index in [1.165, 1.54) is 5.56 Å². The van der Waals surface area contributed by atoms with Crippen LogP contribution in [0.4, 0.5) is 0 Å². The van der Waals surface area contributed by atoms with Crippen LogP contribution in [-0.4, -0.2) is 27.5 Å². The number of hydrogen-bond acceptors (Lipinski definition) is 3. The average Bonchev–Trinajstić information content (AvgIpc) is 2.93. The van der Waals surface area contributed by atoms with Gasteiger partial charge in [-0.05, 0) is 24.1 Å². The van der Waals surface area contributed by atoms with Crippen molar-refractivity contribution in [1.82, 2.24) is 14.5 Å². The molecular formula is C15H19BrN4. The van der Waals surface area contributed by atoms with Crippen LogP contribution in [0.1, 0.15) is 23.9 Å². The van der Waals surface area contributed by atoms with E-state index < -0.39 is 0 Å². The van der Waals surface area contributed by atoms with E-state index in [0.29, 0.717) is 0 Å². The van der Waals surface area contributed by atoms with Crippen molar-refractivity contribution >= 4 is 15.9 Å². The summed E-state index contributed by atoms with van der Waals surface area (Å²) in [6.45, 7) is 4.06. The second kappa shape index (κ2) is 6.08. The predicted molar refractivity (Wildman–Crippen MR) is 83.2 cm³/mol. The molecule has 1 aliphatic heterocycles. The highest BCUT2D eigenvalue weighted by Crippen LogP contribution is 2.19. The summed E-state index contributed by atoms with van der Waals surface area (Å²) in [5.41, 5.74) is 7.47. The van der Waals surface area contributed by atoms with Crippen LogP contribution in [0.15, 0.2) is 41.1 Å². The molecule has 1 unspecified atom stereocenters. The summed E-state index contributed by atoms with van der Waals surface area (Å²) in [5.74, 6) is 1.16. The minimum Gasteiger partial charge on any atom is -0.333 e. The van der Waals surface area contributed by atoms with Crippen LogP contribution in [0.2, 0.25) is 0 Å². The van der Waals surface area contributed by atoms with E-state index in [0.717, 1.165) is 42.9 Å². The average molecular weight is 335 g/mol. The number of halogens is 1. The van der Waals surface area contributed by atoms with Gasteiger partial charge in [0.05, 0.1) is 6.54 Å². The van der Waals surface area contributed by atoms with Crippen LogP contribution in [0.25, 0.3) is 0 Å². The highest BCUT2D eigenvalue weighted by Gasteiger charge is 2.17. The molecule has 20 heavy (non-hydrogen) atoms. The molecular weight excluding hydrogens is 316 g/mol. The molecule has 3 rings (SSSR count). The highest BCUT2D eigenvalue weighted by molar-refractivity contribution is 9.10. The van der Waals surface area contributed by atoms with E-state index >= 15 is 0 Å². The number of imidazole rings is 1. The molecule has 0 saturated carbocycles. The first-order valence-electron chi connectivity index (χ1n) is 6.96. The van der Waals surface area contributed by atoms with Crippen molar-refractivity contribution in [3.8, 4) is 0 Å². The lowest BCUT2D eigenvalue weighted by atomic mass is 10.0. The Balaban J connectivity index is 1.54. The zero-order valence-corrected chi connectivity index (χ0v) is 13.0. The maximum atomic E-state index is 6.27. The fraction of sp³-hybridized carbons (Fsp3) is 0.400. The Morgan fingerprint density at radius 1 is 1.25 bits per heavy atom. The van der Waals surface area contributed by atoms with E-state index in [2.05, 4.69) is 48.7 Å². The first-order chi connectivity index (χ1) is 9.72. The summed E-state index contributed by atoms with van der Waals surface area (Å²) in [6, 6.07) is 8.39. The predicted octanol–water partition coefficient (Wildman–Crippen LogP) is 2.55. The van der Waals surface area contributed by atoms with E-state index in [1.807, 2.05) is 18.3 Å². The molecule has 1 aromatic heterocycles. The molecule has 2 heterocycles. The molecule has 1 aromatic carbocycles. The lowest BCUT2D eigenvalue weighted by Gasteiger charge is -2.28. The largest absolute Gasteiger partial charge is 0.333 e. The van der Waals surface area contributed by atoms with Gasteiger partial charge in [0.2, 0.25) is 0 Å². The van der Waals surface area contributed by atoms with Gasteiger partial charge in [0.1, 0.15) is 5.82 Å². The van der Waals surface area contributed by atoms with E-state index in [-0.39, 0.29) is 6.04 Å². The van der Waals surface area contributed by atoms with E-state index in [4.69, 9.17) is 5.73 Å². The van der Waals surface area contributed by atoms with Crippen LogP contribution >= 0.6 is 15.9 Å². The van der Waals surface area contributed by atoms with Gasteiger partial charge in [-0.2, -0.15) is 0 Å². The normalized spacial score (nSPS) is 16.9. The minimum absolute atomic E-state index is 0.102. The first-order valence-corrected chi connectivity index (χ1v) is 7.75. The van der Waals surface area contributed by atoms with Gasteiger partial charge in [0.15, 0.2) is 0 Å². The van der Waals surface area contributed by atoms with Gasteiger partial charge in [0, 0.05) is 42.5 Å². The SMILES string of the molecule is NC(CCN1CCn2ccnc2C1)c1ccc(Br)cc1. The summed E-state index contributed by atoms with van der Waals surface area (Å²) in [5, 5.41) is 0. The Labute approximate surface area is 127 Å². The Hall–Kier alpha value is -1.17. The Morgan fingerprint density at radius 3 is 2.85 bits per heavy atom. The molecule has 0 fully saturated rings. The maximum Gasteiger partial charge on any atom is 0.122 e. The summed E-state index contributed by atoms with van der Waals surface area (Å²) in [7, 11) is 0. The van der Waals surface area contributed by atoms with E-state index in [9.17, 15) is 0 Å². The smallest absolute Gasteiger partial charge is 0.122 e. The number of hydrogen-bond donors (Lipinski definition) is 1. The molecule has 0 bridgehead atoms. The minimum atomic E-state index is 0.102. The fourth-order valence-electron chi connectivity index (χ4n) is 2.61. The number of benzene rings is 1. The first kappa shape index (κ1) is 13.8. The molecule has 0 aliphatic carbocycles. The third-order valence-electron chi connectivity index (χ3n) is 3.88. The molecule has 1 aliphatic rings. The number of aromatic nitrogens is 2. The molecule has 0 spiro atoms. The van der Waals surface area contributed by atoms with E-state index in [1.54, 1.807) is 0 Å². The van der Waals surface area contributed by atoms with Gasteiger partial charge in [-0.3, -0.25) is 4.90 Å². The molecule has 1 atom stereocenters. The third kappa shape index (κ3) is 3.11. The zero-order valence-electron chi connectivity index (χ0n) is 11.4. The van der Waals surface area contributed by atoms with Crippen LogP contribution in [-0.2, 0) is 13.1 Å². The second-order valence-corrected chi connectivity index (χ2v) is 6.18. The molecule has 2 aromatic rings. The summed E-state index contributed by atoms with van der Waals surface area (Å²) < 4.78 is 3.32. The van der Waals surface area contributed by atoms with Gasteiger partial charge in [0.25, 0.3) is 0 Å². The quantitative estimate of drug-likeness (QED) is 0.934. The van der Waals surface area contributed by atoms with Crippen molar-refractivity contribution in [2.45, 2.75) is 25.6 Å². The molecule has 106 valence electrons. The molecule has 0 saturated heterocycles. The zero-order chi connectivity index (χ0) is 13.9. The lowest BCUT2D eigenvalue weighted by Crippen LogP contribution is -2.35. The molecule has 5 heteroatoms. The van der Waals surface area contributed by atoms with Crippen LogP contribution < -0.4 is 5.73 Å². The van der Waals surface area contributed by atoms with Gasteiger partial charge >= 0.3 is 0 Å². The number of nitrogens with zero attached hydrogens (tertiary/aromatic N) is 3. The summed E-state index contributed by atoms with van der Waals surface area (Å²) in [6.07, 6.45) is 4.91. The van der Waals surface area contributed by atoms with Crippen LogP contribution in [0.3, 0.4) is 0 Å². The standard InChI is InChI=1S/C15H19BrN4/c16-13-3-1-12(2-4-13)14(17)5-7-19-9-10-20-8-6-18-15(20)11-19/h1-4,6,8,14H,5,7,9-11,17H2. The maximum absolute atomic E-state index is 6.27. The molecule has 0 amide bonds. The monoisotopic (exact) mass is 334 g/mol. The van der Waals surface area contributed by atoms with Crippen molar-refractivity contribution in [2.24, 2.45) is 5.73 Å². The van der Waals surface area contributed by atoms with Gasteiger partial charge in [-0.15, -0.1) is 0 Å². The van der Waals surface area contributed by atoms with Crippen molar-refractivity contribution in [2.75, 3.05) is 13.1 Å². The van der Waals surface area contributed by atoms with Crippen molar-refractivity contribution in [3.05, 3.63) is 52.5 Å². The highest BCUT2D eigenvalue weighted by atomic mass is 79.9. The third-order valence-corrected chi connectivity index (χ3v) is 4.41. The Kier molecular flexibility index (Phi) is 4.19.